The van der Waals surface area contributed by atoms with E-state index in [-0.39, 0.29) is 0 Å². The van der Waals surface area contributed by atoms with E-state index in [9.17, 15) is 5.11 Å². The first-order valence-corrected chi connectivity index (χ1v) is 10.4. The average Bonchev–Trinajstić information content (AvgIpc) is 2.72. The first kappa shape index (κ1) is 20.2. The molecule has 0 aromatic heterocycles. The van der Waals surface area contributed by atoms with Gasteiger partial charge >= 0.3 is 0 Å². The van der Waals surface area contributed by atoms with Crippen LogP contribution >= 0.6 is 11.6 Å². The molecule has 1 atom stereocenters. The normalized spacial score (nSPS) is 17.4. The van der Waals surface area contributed by atoms with Gasteiger partial charge < -0.3 is 14.7 Å². The van der Waals surface area contributed by atoms with Gasteiger partial charge in [0.05, 0.1) is 6.61 Å². The molecule has 0 radical (unpaired) electrons. The number of piperidine rings is 1. The molecule has 3 rings (SSSR count). The van der Waals surface area contributed by atoms with Gasteiger partial charge in [-0.25, -0.2) is 0 Å². The molecule has 1 aliphatic heterocycles. The number of hydrogen-bond donors (Lipinski definition) is 1. The molecule has 146 valence electrons. The van der Waals surface area contributed by atoms with Gasteiger partial charge in [-0.15, -0.1) is 0 Å². The Labute approximate surface area is 167 Å². The molecule has 1 N–H and O–H groups in total. The van der Waals surface area contributed by atoms with E-state index in [1.54, 1.807) is 0 Å². The first-order chi connectivity index (χ1) is 13.1. The standard InChI is InChI=1S/C23H30ClNO2/c1-2-23(26,20-8-6-9-21(24)18-20)19-10-12-22(13-11-19)27-17-7-16-25-14-4-3-5-15-25/h6,8-13,18,26H,2-5,7,14-17H2,1H3. The molecule has 1 unspecified atom stereocenters. The van der Waals surface area contributed by atoms with Crippen molar-refractivity contribution in [1.82, 2.24) is 4.90 Å². The fourth-order valence-electron chi connectivity index (χ4n) is 3.81. The third kappa shape index (κ3) is 5.25. The van der Waals surface area contributed by atoms with Gasteiger partial charge in [-0.2, -0.15) is 0 Å². The van der Waals surface area contributed by atoms with Crippen molar-refractivity contribution < 1.29 is 9.84 Å². The quantitative estimate of drug-likeness (QED) is 0.628. The Balaban J connectivity index is 1.57. The monoisotopic (exact) mass is 387 g/mol. The van der Waals surface area contributed by atoms with Crippen LogP contribution in [0.15, 0.2) is 48.5 Å². The summed E-state index contributed by atoms with van der Waals surface area (Å²) in [6.07, 6.45) is 5.65. The Bertz CT molecular complexity index is 713. The Hall–Kier alpha value is -1.55. The molecule has 2 aromatic rings. The number of likely N-dealkylation sites (tertiary alicyclic amines) is 1. The number of hydrogen-bond acceptors (Lipinski definition) is 3. The summed E-state index contributed by atoms with van der Waals surface area (Å²) < 4.78 is 5.89. The van der Waals surface area contributed by atoms with Crippen LogP contribution in [-0.2, 0) is 5.60 Å². The number of ether oxygens (including phenoxy) is 1. The van der Waals surface area contributed by atoms with Gasteiger partial charge in [0.25, 0.3) is 0 Å². The van der Waals surface area contributed by atoms with Crippen LogP contribution in [-0.4, -0.2) is 36.2 Å². The Morgan fingerprint density at radius 1 is 1.04 bits per heavy atom. The fraction of sp³-hybridized carbons (Fsp3) is 0.478. The van der Waals surface area contributed by atoms with Crippen LogP contribution in [0.3, 0.4) is 0 Å². The molecule has 0 saturated carbocycles. The molecule has 27 heavy (non-hydrogen) atoms. The second kappa shape index (κ2) is 9.59. The van der Waals surface area contributed by atoms with Crippen LogP contribution < -0.4 is 4.74 Å². The first-order valence-electron chi connectivity index (χ1n) is 10.1. The lowest BCUT2D eigenvalue weighted by Crippen LogP contribution is -2.31. The van der Waals surface area contributed by atoms with Gasteiger partial charge in [-0.05, 0) is 74.2 Å². The third-order valence-corrected chi connectivity index (χ3v) is 5.72. The molecule has 3 nitrogen and oxygen atoms in total. The third-order valence-electron chi connectivity index (χ3n) is 5.48. The molecule has 4 heteroatoms. The molecule has 0 bridgehead atoms. The van der Waals surface area contributed by atoms with E-state index < -0.39 is 5.60 Å². The van der Waals surface area contributed by atoms with Crippen molar-refractivity contribution in [3.8, 4) is 5.75 Å². The minimum atomic E-state index is -1.04. The van der Waals surface area contributed by atoms with Crippen LogP contribution in [0.4, 0.5) is 0 Å². The maximum Gasteiger partial charge on any atom is 0.119 e. The van der Waals surface area contributed by atoms with Gasteiger partial charge in [-0.1, -0.05) is 49.2 Å². The fourth-order valence-corrected chi connectivity index (χ4v) is 4.00. The second-order valence-corrected chi connectivity index (χ2v) is 7.79. The number of rotatable bonds is 8. The van der Waals surface area contributed by atoms with Crippen molar-refractivity contribution >= 4 is 11.6 Å². The van der Waals surface area contributed by atoms with E-state index >= 15 is 0 Å². The van der Waals surface area contributed by atoms with Crippen molar-refractivity contribution in [3.05, 3.63) is 64.7 Å². The molecule has 1 aliphatic rings. The maximum atomic E-state index is 11.2. The van der Waals surface area contributed by atoms with Gasteiger partial charge in [-0.3, -0.25) is 0 Å². The summed E-state index contributed by atoms with van der Waals surface area (Å²) in [6, 6.07) is 15.2. The van der Waals surface area contributed by atoms with Crippen molar-refractivity contribution in [2.45, 2.75) is 44.6 Å². The van der Waals surface area contributed by atoms with Crippen molar-refractivity contribution in [2.75, 3.05) is 26.2 Å². The highest BCUT2D eigenvalue weighted by Gasteiger charge is 2.29. The van der Waals surface area contributed by atoms with E-state index in [1.807, 2.05) is 55.5 Å². The molecule has 0 amide bonds. The topological polar surface area (TPSA) is 32.7 Å². The molecule has 0 spiro atoms. The zero-order chi connectivity index (χ0) is 19.1. The Morgan fingerprint density at radius 2 is 1.78 bits per heavy atom. The van der Waals surface area contributed by atoms with Crippen LogP contribution in [0.1, 0.15) is 50.2 Å². The van der Waals surface area contributed by atoms with E-state index in [2.05, 4.69) is 4.90 Å². The lowest BCUT2D eigenvalue weighted by Gasteiger charge is -2.28. The average molecular weight is 388 g/mol. The van der Waals surface area contributed by atoms with E-state index in [0.29, 0.717) is 11.4 Å². The summed E-state index contributed by atoms with van der Waals surface area (Å²) in [6.45, 7) is 6.28. The van der Waals surface area contributed by atoms with Crippen LogP contribution in [0, 0.1) is 0 Å². The Kier molecular flexibility index (Phi) is 7.17. The second-order valence-electron chi connectivity index (χ2n) is 7.35. The molecular formula is C23H30ClNO2. The van der Waals surface area contributed by atoms with Gasteiger partial charge in [0.15, 0.2) is 0 Å². The minimum absolute atomic E-state index is 0.573. The van der Waals surface area contributed by atoms with Crippen molar-refractivity contribution in [2.24, 2.45) is 0 Å². The summed E-state index contributed by atoms with van der Waals surface area (Å²) in [5, 5.41) is 11.9. The van der Waals surface area contributed by atoms with Crippen molar-refractivity contribution in [1.29, 1.82) is 0 Å². The molecule has 0 aliphatic carbocycles. The van der Waals surface area contributed by atoms with Gasteiger partial charge in [0.1, 0.15) is 11.4 Å². The summed E-state index contributed by atoms with van der Waals surface area (Å²) in [5.74, 6) is 0.849. The lowest BCUT2D eigenvalue weighted by atomic mass is 9.84. The van der Waals surface area contributed by atoms with Crippen LogP contribution in [0.25, 0.3) is 0 Å². The number of benzene rings is 2. The van der Waals surface area contributed by atoms with Gasteiger partial charge in [0.2, 0.25) is 0 Å². The maximum absolute atomic E-state index is 11.2. The van der Waals surface area contributed by atoms with E-state index in [0.717, 1.165) is 36.4 Å². The lowest BCUT2D eigenvalue weighted by molar-refractivity contribution is 0.0765. The molecule has 1 saturated heterocycles. The smallest absolute Gasteiger partial charge is 0.119 e. The summed E-state index contributed by atoms with van der Waals surface area (Å²) in [5.41, 5.74) is 0.623. The molecule has 1 fully saturated rings. The SMILES string of the molecule is CCC(O)(c1ccc(OCCCN2CCCCC2)cc1)c1cccc(Cl)c1. The Morgan fingerprint density at radius 3 is 2.44 bits per heavy atom. The highest BCUT2D eigenvalue weighted by atomic mass is 35.5. The number of halogens is 1. The molecule has 2 aromatic carbocycles. The zero-order valence-electron chi connectivity index (χ0n) is 16.2. The predicted molar refractivity (Wildman–Crippen MR) is 112 cm³/mol. The number of nitrogens with zero attached hydrogens (tertiary/aromatic N) is 1. The summed E-state index contributed by atoms with van der Waals surface area (Å²) in [4.78, 5) is 2.53. The van der Waals surface area contributed by atoms with E-state index in [4.69, 9.17) is 16.3 Å². The zero-order valence-corrected chi connectivity index (χ0v) is 16.9. The van der Waals surface area contributed by atoms with Crippen LogP contribution in [0.5, 0.6) is 5.75 Å². The summed E-state index contributed by atoms with van der Waals surface area (Å²) in [7, 11) is 0. The van der Waals surface area contributed by atoms with Gasteiger partial charge in [0, 0.05) is 11.6 Å². The largest absolute Gasteiger partial charge is 0.494 e. The minimum Gasteiger partial charge on any atom is -0.494 e. The molecule has 1 heterocycles. The van der Waals surface area contributed by atoms with Crippen LogP contribution in [0.2, 0.25) is 5.02 Å². The predicted octanol–water partition coefficient (Wildman–Crippen LogP) is 5.24. The number of aliphatic hydroxyl groups is 1. The molecular weight excluding hydrogens is 358 g/mol. The highest BCUT2D eigenvalue weighted by Crippen LogP contribution is 2.34. The van der Waals surface area contributed by atoms with Crippen molar-refractivity contribution in [3.63, 3.8) is 0 Å². The van der Waals surface area contributed by atoms with E-state index in [1.165, 1.54) is 32.4 Å². The summed E-state index contributed by atoms with van der Waals surface area (Å²) >= 11 is 6.11. The highest BCUT2D eigenvalue weighted by molar-refractivity contribution is 6.30.